The third-order valence-corrected chi connectivity index (χ3v) is 5.52. The van der Waals surface area contributed by atoms with Crippen LogP contribution in [0.1, 0.15) is 155 Å². The molecule has 0 nitrogen and oxygen atoms in total. The fourth-order valence-electron chi connectivity index (χ4n) is 3.70. The molecule has 0 aromatic carbocycles. The largest absolute Gasteiger partial charge is 0.0654 e. The summed E-state index contributed by atoms with van der Waals surface area (Å²) in [7, 11) is 0. The Kier molecular flexibility index (Phi) is 24.0. The first-order valence-corrected chi connectivity index (χ1v) is 12.2. The van der Waals surface area contributed by atoms with Gasteiger partial charge in [0, 0.05) is 0 Å². The van der Waals surface area contributed by atoms with Gasteiger partial charge >= 0.3 is 0 Å². The Morgan fingerprint density at radius 3 is 0.920 bits per heavy atom. The van der Waals surface area contributed by atoms with Crippen molar-refractivity contribution in [2.24, 2.45) is 0 Å². The first kappa shape index (κ1) is 25.0. The molecule has 0 aromatic rings. The molecule has 0 saturated heterocycles. The molecule has 0 heteroatoms. The molecule has 0 fully saturated rings. The van der Waals surface area contributed by atoms with Crippen molar-refractivity contribution in [3.63, 3.8) is 0 Å². The van der Waals surface area contributed by atoms with Crippen LogP contribution in [-0.2, 0) is 0 Å². The molecule has 1 radical (unpaired) electrons. The highest BCUT2D eigenvalue weighted by Gasteiger charge is 1.95. The Morgan fingerprint density at radius 2 is 0.560 bits per heavy atom. The second-order valence-corrected chi connectivity index (χ2v) is 8.23. The maximum absolute atomic E-state index is 2.53. The first-order valence-electron chi connectivity index (χ1n) is 12.2. The van der Waals surface area contributed by atoms with Crippen LogP contribution >= 0.6 is 0 Å². The smallest absolute Gasteiger partial charge is 0.0386 e. The molecule has 0 saturated carbocycles. The van der Waals surface area contributed by atoms with Crippen molar-refractivity contribution in [3.8, 4) is 0 Å². The van der Waals surface area contributed by atoms with Gasteiger partial charge in [-0.25, -0.2) is 0 Å². The van der Waals surface area contributed by atoms with E-state index in [0.717, 1.165) is 0 Å². The summed E-state index contributed by atoms with van der Waals surface area (Å²) in [6.45, 7) is 4.59. The lowest BCUT2D eigenvalue weighted by molar-refractivity contribution is 0.526. The number of rotatable bonds is 22. The van der Waals surface area contributed by atoms with E-state index in [1.54, 1.807) is 0 Å². The zero-order valence-corrected chi connectivity index (χ0v) is 18.1. The molecule has 0 heterocycles. The highest BCUT2D eigenvalue weighted by Crippen LogP contribution is 2.15. The molecule has 151 valence electrons. The van der Waals surface area contributed by atoms with E-state index in [-0.39, 0.29) is 0 Å². The van der Waals surface area contributed by atoms with E-state index in [9.17, 15) is 0 Å². The van der Waals surface area contributed by atoms with Crippen molar-refractivity contribution >= 4 is 0 Å². The molecule has 0 bridgehead atoms. The van der Waals surface area contributed by atoms with Gasteiger partial charge in [0.25, 0.3) is 0 Å². The number of unbranched alkanes of at least 4 members (excludes halogenated alkanes) is 22. The van der Waals surface area contributed by atoms with Crippen molar-refractivity contribution in [2.75, 3.05) is 0 Å². The lowest BCUT2D eigenvalue weighted by Gasteiger charge is -2.04. The predicted octanol–water partition coefficient (Wildman–Crippen LogP) is 9.81. The Morgan fingerprint density at radius 1 is 0.320 bits per heavy atom. The Labute approximate surface area is 161 Å². The molecular formula is C25H51. The monoisotopic (exact) mass is 351 g/mol. The molecule has 0 spiro atoms. The Bertz CT molecular complexity index is 186. The summed E-state index contributed by atoms with van der Waals surface area (Å²) in [5.74, 6) is 0. The third-order valence-electron chi connectivity index (χ3n) is 5.52. The fraction of sp³-hybridized carbons (Fsp3) is 0.960. The molecule has 0 N–H and O–H groups in total. The molecule has 0 aliphatic carbocycles. The summed E-state index contributed by atoms with van der Waals surface area (Å²) in [6, 6.07) is 0. The average molecular weight is 352 g/mol. The molecule has 0 atom stereocenters. The quantitative estimate of drug-likeness (QED) is 0.170. The second kappa shape index (κ2) is 24.0. The summed E-state index contributed by atoms with van der Waals surface area (Å²) in [4.78, 5) is 0. The van der Waals surface area contributed by atoms with Gasteiger partial charge in [-0.05, 0) is 6.42 Å². The first-order chi connectivity index (χ1) is 12.4. The van der Waals surface area contributed by atoms with Crippen LogP contribution in [0.3, 0.4) is 0 Å². The maximum Gasteiger partial charge on any atom is -0.0386 e. The van der Waals surface area contributed by atoms with Crippen LogP contribution in [0.4, 0.5) is 0 Å². The van der Waals surface area contributed by atoms with E-state index in [1.807, 2.05) is 0 Å². The van der Waals surface area contributed by atoms with Crippen molar-refractivity contribution in [3.05, 3.63) is 6.42 Å². The third kappa shape index (κ3) is 24.0. The van der Waals surface area contributed by atoms with Crippen LogP contribution in [0, 0.1) is 6.42 Å². The van der Waals surface area contributed by atoms with E-state index in [0.29, 0.717) is 0 Å². The number of hydrogen-bond acceptors (Lipinski definition) is 0. The van der Waals surface area contributed by atoms with Gasteiger partial charge < -0.3 is 0 Å². The minimum atomic E-state index is 1.35. The minimum absolute atomic E-state index is 1.35. The summed E-state index contributed by atoms with van der Waals surface area (Å²) in [6.07, 6.45) is 34.4. The molecule has 0 unspecified atom stereocenters. The SMILES string of the molecule is CCCCC[CH]CCCCCCCCCCCCCCCCCCC. The summed E-state index contributed by atoms with van der Waals surface area (Å²) in [5, 5.41) is 0. The molecular weight excluding hydrogens is 300 g/mol. The van der Waals surface area contributed by atoms with Gasteiger partial charge in [-0.15, -0.1) is 0 Å². The minimum Gasteiger partial charge on any atom is -0.0654 e. The van der Waals surface area contributed by atoms with Gasteiger partial charge in [-0.1, -0.05) is 155 Å². The number of hydrogen-bond donors (Lipinski definition) is 0. The second-order valence-electron chi connectivity index (χ2n) is 8.23. The standard InChI is InChI=1S/C25H51/c1-3-5-7-9-11-13-15-17-19-21-23-25-24-22-20-18-16-14-12-10-8-6-4-2/h11H,3-10,12-25H2,1-2H3. The van der Waals surface area contributed by atoms with Crippen molar-refractivity contribution < 1.29 is 0 Å². The van der Waals surface area contributed by atoms with Gasteiger partial charge in [0.05, 0.1) is 0 Å². The van der Waals surface area contributed by atoms with Crippen molar-refractivity contribution in [1.82, 2.24) is 0 Å². The van der Waals surface area contributed by atoms with E-state index >= 15 is 0 Å². The Balaban J connectivity index is 2.94. The molecule has 0 aliphatic rings. The molecule has 0 amide bonds. The van der Waals surface area contributed by atoms with E-state index in [2.05, 4.69) is 20.3 Å². The van der Waals surface area contributed by atoms with Crippen LogP contribution in [0.15, 0.2) is 0 Å². The molecule has 25 heavy (non-hydrogen) atoms. The zero-order valence-electron chi connectivity index (χ0n) is 18.1. The van der Waals surface area contributed by atoms with Crippen LogP contribution in [0.5, 0.6) is 0 Å². The van der Waals surface area contributed by atoms with Crippen LogP contribution in [0.25, 0.3) is 0 Å². The van der Waals surface area contributed by atoms with Crippen molar-refractivity contribution in [2.45, 2.75) is 155 Å². The summed E-state index contributed by atoms with van der Waals surface area (Å²) >= 11 is 0. The average Bonchev–Trinajstić information content (AvgIpc) is 2.63. The van der Waals surface area contributed by atoms with Gasteiger partial charge in [0.2, 0.25) is 0 Å². The summed E-state index contributed by atoms with van der Waals surface area (Å²) < 4.78 is 0. The summed E-state index contributed by atoms with van der Waals surface area (Å²) in [5.41, 5.74) is 0. The zero-order chi connectivity index (χ0) is 18.3. The van der Waals surface area contributed by atoms with Gasteiger partial charge in [0.15, 0.2) is 0 Å². The van der Waals surface area contributed by atoms with Crippen molar-refractivity contribution in [1.29, 1.82) is 0 Å². The maximum atomic E-state index is 2.53. The highest BCUT2D eigenvalue weighted by atomic mass is 14.0. The van der Waals surface area contributed by atoms with E-state index < -0.39 is 0 Å². The van der Waals surface area contributed by atoms with Crippen LogP contribution in [-0.4, -0.2) is 0 Å². The lowest BCUT2D eigenvalue weighted by atomic mass is 10.0. The van der Waals surface area contributed by atoms with E-state index in [1.165, 1.54) is 141 Å². The highest BCUT2D eigenvalue weighted by molar-refractivity contribution is 4.64. The van der Waals surface area contributed by atoms with Gasteiger partial charge in [0.1, 0.15) is 0 Å². The molecule has 0 rings (SSSR count). The topological polar surface area (TPSA) is 0 Å². The fourth-order valence-corrected chi connectivity index (χ4v) is 3.70. The van der Waals surface area contributed by atoms with E-state index in [4.69, 9.17) is 0 Å². The van der Waals surface area contributed by atoms with Gasteiger partial charge in [-0.3, -0.25) is 0 Å². The molecule has 0 aliphatic heterocycles. The van der Waals surface area contributed by atoms with Crippen LogP contribution < -0.4 is 0 Å². The Hall–Kier alpha value is 0. The van der Waals surface area contributed by atoms with Crippen LogP contribution in [0.2, 0.25) is 0 Å². The predicted molar refractivity (Wildman–Crippen MR) is 117 cm³/mol. The lowest BCUT2D eigenvalue weighted by Crippen LogP contribution is -1.84. The van der Waals surface area contributed by atoms with Gasteiger partial charge in [-0.2, -0.15) is 0 Å². The normalized spacial score (nSPS) is 11.3. The molecule has 0 aromatic heterocycles.